The molecule has 1 heterocycles. The molecule has 3 heteroatoms. The molecule has 0 unspecified atom stereocenters. The lowest BCUT2D eigenvalue weighted by Gasteiger charge is -2.04. The first kappa shape index (κ1) is 10.8. The fraction of sp³-hybridized carbons (Fsp3) is 0.231. The number of rotatable bonds is 4. The fourth-order valence-electron chi connectivity index (χ4n) is 1.77. The van der Waals surface area contributed by atoms with E-state index in [9.17, 15) is 4.79 Å². The molecule has 82 valence electrons. The van der Waals surface area contributed by atoms with Gasteiger partial charge in [0.15, 0.2) is 0 Å². The molecule has 16 heavy (non-hydrogen) atoms. The lowest BCUT2D eigenvalue weighted by atomic mass is 10.0. The molecule has 0 saturated carbocycles. The zero-order valence-corrected chi connectivity index (χ0v) is 9.02. The fourth-order valence-corrected chi connectivity index (χ4v) is 1.77. The number of Topliss-reactive ketones (excluding diaryl/α,β-unsaturated/α-hetero) is 1. The predicted octanol–water partition coefficient (Wildman–Crippen LogP) is 1.70. The van der Waals surface area contributed by atoms with E-state index in [1.54, 1.807) is 6.20 Å². The largest absolute Gasteiger partial charge is 0.330 e. The summed E-state index contributed by atoms with van der Waals surface area (Å²) in [5.41, 5.74) is 7.33. The van der Waals surface area contributed by atoms with Crippen LogP contribution in [0, 0.1) is 0 Å². The van der Waals surface area contributed by atoms with Gasteiger partial charge in [0.05, 0.1) is 5.52 Å². The minimum atomic E-state index is 0.179. The lowest BCUT2D eigenvalue weighted by molar-refractivity contribution is -0.118. The highest BCUT2D eigenvalue weighted by Gasteiger charge is 2.06. The Morgan fingerprint density at radius 3 is 2.88 bits per heavy atom. The molecule has 0 radical (unpaired) electrons. The number of pyridine rings is 1. The van der Waals surface area contributed by atoms with E-state index in [0.29, 0.717) is 19.4 Å². The van der Waals surface area contributed by atoms with Crippen LogP contribution in [0.15, 0.2) is 36.5 Å². The topological polar surface area (TPSA) is 56.0 Å². The molecule has 0 bridgehead atoms. The Hall–Kier alpha value is -1.74. The smallest absolute Gasteiger partial charge is 0.138 e. The quantitative estimate of drug-likeness (QED) is 0.842. The van der Waals surface area contributed by atoms with Crippen LogP contribution in [0.25, 0.3) is 10.9 Å². The summed E-state index contributed by atoms with van der Waals surface area (Å²) in [6, 6.07) is 9.75. The van der Waals surface area contributed by atoms with Crippen LogP contribution < -0.4 is 5.73 Å². The van der Waals surface area contributed by atoms with Gasteiger partial charge in [-0.05, 0) is 24.2 Å². The first-order chi connectivity index (χ1) is 7.81. The van der Waals surface area contributed by atoms with E-state index in [-0.39, 0.29) is 5.78 Å². The zero-order chi connectivity index (χ0) is 11.4. The van der Waals surface area contributed by atoms with Crippen molar-refractivity contribution in [1.82, 2.24) is 4.98 Å². The number of carbonyl (C=O) groups excluding carboxylic acids is 1. The Kier molecular flexibility index (Phi) is 3.27. The first-order valence-electron chi connectivity index (χ1n) is 5.35. The van der Waals surface area contributed by atoms with Crippen molar-refractivity contribution in [3.8, 4) is 0 Å². The van der Waals surface area contributed by atoms with Gasteiger partial charge in [-0.25, -0.2) is 0 Å². The van der Waals surface area contributed by atoms with Gasteiger partial charge in [-0.2, -0.15) is 0 Å². The number of fused-ring (bicyclic) bond motifs is 1. The number of aromatic nitrogens is 1. The maximum absolute atomic E-state index is 11.6. The maximum Gasteiger partial charge on any atom is 0.138 e. The normalized spacial score (nSPS) is 10.6. The summed E-state index contributed by atoms with van der Waals surface area (Å²) < 4.78 is 0. The number of nitrogens with two attached hydrogens (primary N) is 1. The summed E-state index contributed by atoms with van der Waals surface area (Å²) in [6.45, 7) is 0.419. The van der Waals surface area contributed by atoms with Crippen molar-refractivity contribution in [2.75, 3.05) is 6.54 Å². The third kappa shape index (κ3) is 2.25. The molecule has 0 aliphatic heterocycles. The highest BCUT2D eigenvalue weighted by Crippen LogP contribution is 2.16. The Balaban J connectivity index is 2.33. The molecular weight excluding hydrogens is 200 g/mol. The zero-order valence-electron chi connectivity index (χ0n) is 9.02. The second-order valence-corrected chi connectivity index (χ2v) is 3.74. The molecule has 1 aromatic heterocycles. The van der Waals surface area contributed by atoms with Crippen molar-refractivity contribution in [2.24, 2.45) is 5.73 Å². The first-order valence-corrected chi connectivity index (χ1v) is 5.35. The van der Waals surface area contributed by atoms with Crippen molar-refractivity contribution in [2.45, 2.75) is 12.8 Å². The number of hydrogen-bond acceptors (Lipinski definition) is 3. The third-order valence-electron chi connectivity index (χ3n) is 2.55. The van der Waals surface area contributed by atoms with E-state index in [1.165, 1.54) is 0 Å². The van der Waals surface area contributed by atoms with E-state index in [2.05, 4.69) is 4.98 Å². The molecule has 1 aromatic carbocycles. The molecule has 2 rings (SSSR count). The van der Waals surface area contributed by atoms with Crippen LogP contribution in [0.4, 0.5) is 0 Å². The summed E-state index contributed by atoms with van der Waals surface area (Å²) in [4.78, 5) is 15.8. The molecule has 0 fully saturated rings. The van der Waals surface area contributed by atoms with Crippen LogP contribution in [0.5, 0.6) is 0 Å². The van der Waals surface area contributed by atoms with Gasteiger partial charge < -0.3 is 5.73 Å². The molecule has 2 aromatic rings. The van der Waals surface area contributed by atoms with Gasteiger partial charge in [-0.3, -0.25) is 9.78 Å². The van der Waals surface area contributed by atoms with Gasteiger partial charge in [0.1, 0.15) is 5.78 Å². The number of ketones is 1. The Bertz CT molecular complexity index is 503. The van der Waals surface area contributed by atoms with Gasteiger partial charge >= 0.3 is 0 Å². The number of para-hydroxylation sites is 1. The van der Waals surface area contributed by atoms with Crippen molar-refractivity contribution in [3.63, 3.8) is 0 Å². The molecule has 0 amide bonds. The summed E-state index contributed by atoms with van der Waals surface area (Å²) in [7, 11) is 0. The second kappa shape index (κ2) is 4.86. The highest BCUT2D eigenvalue weighted by molar-refractivity contribution is 5.88. The van der Waals surface area contributed by atoms with Gasteiger partial charge in [-0.15, -0.1) is 0 Å². The van der Waals surface area contributed by atoms with Crippen LogP contribution in [0.2, 0.25) is 0 Å². The number of nitrogens with zero attached hydrogens (tertiary/aromatic N) is 1. The average molecular weight is 214 g/mol. The van der Waals surface area contributed by atoms with Gasteiger partial charge in [0, 0.05) is 24.4 Å². The molecule has 0 spiro atoms. The minimum Gasteiger partial charge on any atom is -0.330 e. The van der Waals surface area contributed by atoms with E-state index < -0.39 is 0 Å². The van der Waals surface area contributed by atoms with Crippen LogP contribution >= 0.6 is 0 Å². The summed E-state index contributed by atoms with van der Waals surface area (Å²) >= 11 is 0. The van der Waals surface area contributed by atoms with Gasteiger partial charge in [0.25, 0.3) is 0 Å². The van der Waals surface area contributed by atoms with E-state index in [0.717, 1.165) is 16.5 Å². The van der Waals surface area contributed by atoms with Gasteiger partial charge in [0.2, 0.25) is 0 Å². The minimum absolute atomic E-state index is 0.179. The van der Waals surface area contributed by atoms with Crippen LogP contribution in [0.1, 0.15) is 12.0 Å². The summed E-state index contributed by atoms with van der Waals surface area (Å²) in [5, 5.41) is 1.05. The summed E-state index contributed by atoms with van der Waals surface area (Å²) in [6.07, 6.45) is 2.63. The van der Waals surface area contributed by atoms with Crippen molar-refractivity contribution >= 4 is 16.7 Å². The summed E-state index contributed by atoms with van der Waals surface area (Å²) in [5.74, 6) is 0.179. The SMILES string of the molecule is NCCC(=O)Cc1ccnc2ccccc12. The van der Waals surface area contributed by atoms with Crippen molar-refractivity contribution < 1.29 is 4.79 Å². The monoisotopic (exact) mass is 214 g/mol. The molecule has 3 nitrogen and oxygen atoms in total. The maximum atomic E-state index is 11.6. The van der Waals surface area contributed by atoms with Crippen molar-refractivity contribution in [1.29, 1.82) is 0 Å². The van der Waals surface area contributed by atoms with Crippen LogP contribution in [-0.2, 0) is 11.2 Å². The van der Waals surface area contributed by atoms with Crippen LogP contribution in [0.3, 0.4) is 0 Å². The second-order valence-electron chi connectivity index (χ2n) is 3.74. The number of benzene rings is 1. The van der Waals surface area contributed by atoms with E-state index in [4.69, 9.17) is 5.73 Å². The van der Waals surface area contributed by atoms with Crippen molar-refractivity contribution in [3.05, 3.63) is 42.1 Å². The third-order valence-corrected chi connectivity index (χ3v) is 2.55. The Morgan fingerprint density at radius 1 is 1.25 bits per heavy atom. The highest BCUT2D eigenvalue weighted by atomic mass is 16.1. The molecular formula is C13H14N2O. The molecule has 0 saturated heterocycles. The standard InChI is InChI=1S/C13H14N2O/c14-7-5-11(16)9-10-6-8-15-13-4-2-1-3-12(10)13/h1-4,6,8H,5,7,9,14H2. The van der Waals surface area contributed by atoms with Gasteiger partial charge in [-0.1, -0.05) is 18.2 Å². The Labute approximate surface area is 94.3 Å². The van der Waals surface area contributed by atoms with E-state index in [1.807, 2.05) is 30.3 Å². The molecule has 0 atom stereocenters. The van der Waals surface area contributed by atoms with Crippen LogP contribution in [-0.4, -0.2) is 17.3 Å². The number of carbonyl (C=O) groups is 1. The average Bonchev–Trinajstić information content (AvgIpc) is 2.30. The predicted molar refractivity (Wildman–Crippen MR) is 64.1 cm³/mol. The van der Waals surface area contributed by atoms with E-state index >= 15 is 0 Å². The molecule has 2 N–H and O–H groups in total. The number of hydrogen-bond donors (Lipinski definition) is 1. The Morgan fingerprint density at radius 2 is 2.06 bits per heavy atom. The lowest BCUT2D eigenvalue weighted by Crippen LogP contribution is -2.10. The molecule has 0 aliphatic carbocycles. The molecule has 0 aliphatic rings.